The average molecular weight is 329 g/mol. The first-order valence-corrected chi connectivity index (χ1v) is 8.04. The molecule has 2 heterocycles. The number of carbonyl (C=O) groups excluding carboxylic acids is 1. The van der Waals surface area contributed by atoms with Gasteiger partial charge < -0.3 is 14.9 Å². The maximum atomic E-state index is 12.7. The van der Waals surface area contributed by atoms with Crippen molar-refractivity contribution in [3.8, 4) is 0 Å². The van der Waals surface area contributed by atoms with E-state index < -0.39 is 11.1 Å². The van der Waals surface area contributed by atoms with Crippen molar-refractivity contribution in [2.24, 2.45) is 0 Å². The Morgan fingerprint density at radius 3 is 2.52 bits per heavy atom. The lowest BCUT2D eigenvalue weighted by Gasteiger charge is -2.20. The number of benzene rings is 1. The highest BCUT2D eigenvalue weighted by atomic mass is 32.1. The smallest absolute Gasteiger partial charge is 0.314 e. The van der Waals surface area contributed by atoms with Crippen LogP contribution in [0.1, 0.15) is 22.2 Å². The van der Waals surface area contributed by atoms with Gasteiger partial charge in [-0.15, -0.1) is 11.3 Å². The third-order valence-electron chi connectivity index (χ3n) is 3.56. The molecule has 0 fully saturated rings. The SMILES string of the molecule is CCN(Cc1cccs1)C(=O)c1ccc2[nH]c(=O)c(=O)[nH]c2c1. The Kier molecular flexibility index (Phi) is 4.12. The minimum Gasteiger partial charge on any atom is -0.334 e. The summed E-state index contributed by atoms with van der Waals surface area (Å²) in [7, 11) is 0. The molecule has 0 saturated carbocycles. The van der Waals surface area contributed by atoms with Crippen LogP contribution in [0.2, 0.25) is 0 Å². The number of hydrogen-bond acceptors (Lipinski definition) is 4. The standard InChI is InChI=1S/C16H15N3O3S/c1-2-19(9-11-4-3-7-23-11)16(22)10-5-6-12-13(8-10)18-15(21)14(20)17-12/h3-8H,2,9H2,1H3,(H,17,20)(H,18,21). The normalized spacial score (nSPS) is 10.8. The van der Waals surface area contributed by atoms with E-state index in [1.165, 1.54) is 0 Å². The third kappa shape index (κ3) is 3.09. The molecule has 0 saturated heterocycles. The fourth-order valence-electron chi connectivity index (χ4n) is 2.35. The van der Waals surface area contributed by atoms with E-state index in [2.05, 4.69) is 9.97 Å². The van der Waals surface area contributed by atoms with Gasteiger partial charge in [-0.25, -0.2) is 0 Å². The number of fused-ring (bicyclic) bond motifs is 1. The van der Waals surface area contributed by atoms with E-state index in [0.29, 0.717) is 29.7 Å². The maximum absolute atomic E-state index is 12.7. The van der Waals surface area contributed by atoms with Crippen LogP contribution in [0.3, 0.4) is 0 Å². The first-order valence-electron chi connectivity index (χ1n) is 7.16. The van der Waals surface area contributed by atoms with Gasteiger partial charge in [0.25, 0.3) is 5.91 Å². The number of carbonyl (C=O) groups is 1. The van der Waals surface area contributed by atoms with Crippen LogP contribution in [0.5, 0.6) is 0 Å². The molecule has 2 aromatic heterocycles. The van der Waals surface area contributed by atoms with E-state index in [9.17, 15) is 14.4 Å². The Labute approximate surface area is 135 Å². The Morgan fingerprint density at radius 2 is 1.87 bits per heavy atom. The number of aromatic nitrogens is 2. The van der Waals surface area contributed by atoms with E-state index >= 15 is 0 Å². The topological polar surface area (TPSA) is 86.0 Å². The van der Waals surface area contributed by atoms with Gasteiger partial charge in [0.15, 0.2) is 0 Å². The Morgan fingerprint density at radius 1 is 1.13 bits per heavy atom. The summed E-state index contributed by atoms with van der Waals surface area (Å²) in [5.74, 6) is -0.116. The second-order valence-corrected chi connectivity index (χ2v) is 6.10. The molecule has 0 radical (unpaired) electrons. The van der Waals surface area contributed by atoms with E-state index in [0.717, 1.165) is 4.88 Å². The largest absolute Gasteiger partial charge is 0.334 e. The summed E-state index contributed by atoms with van der Waals surface area (Å²) >= 11 is 1.60. The number of rotatable bonds is 4. The van der Waals surface area contributed by atoms with Gasteiger partial charge in [-0.2, -0.15) is 0 Å². The van der Waals surface area contributed by atoms with Crippen molar-refractivity contribution in [3.05, 3.63) is 66.9 Å². The summed E-state index contributed by atoms with van der Waals surface area (Å²) in [6, 6.07) is 8.81. The molecule has 23 heavy (non-hydrogen) atoms. The number of amides is 1. The molecule has 1 amide bonds. The molecule has 6 nitrogen and oxygen atoms in total. The van der Waals surface area contributed by atoms with Gasteiger partial charge in [0, 0.05) is 17.0 Å². The lowest BCUT2D eigenvalue weighted by molar-refractivity contribution is 0.0754. The number of nitrogens with zero attached hydrogens (tertiary/aromatic N) is 1. The zero-order chi connectivity index (χ0) is 16.4. The molecule has 0 unspecified atom stereocenters. The average Bonchev–Trinajstić information content (AvgIpc) is 3.06. The third-order valence-corrected chi connectivity index (χ3v) is 4.43. The molecular formula is C16H15N3O3S. The first kappa shape index (κ1) is 15.2. The molecular weight excluding hydrogens is 314 g/mol. The van der Waals surface area contributed by atoms with Crippen LogP contribution in [-0.2, 0) is 6.54 Å². The number of nitrogens with one attached hydrogen (secondary N) is 2. The predicted molar refractivity (Wildman–Crippen MR) is 89.9 cm³/mol. The van der Waals surface area contributed by atoms with Crippen LogP contribution in [0.15, 0.2) is 45.3 Å². The number of H-pyrrole nitrogens is 2. The molecule has 2 N–H and O–H groups in total. The van der Waals surface area contributed by atoms with Crippen molar-refractivity contribution in [3.63, 3.8) is 0 Å². The second kappa shape index (κ2) is 6.21. The van der Waals surface area contributed by atoms with E-state index in [1.807, 2.05) is 24.4 Å². The molecule has 7 heteroatoms. The lowest BCUT2D eigenvalue weighted by atomic mass is 10.1. The monoisotopic (exact) mass is 329 g/mol. The molecule has 0 atom stereocenters. The van der Waals surface area contributed by atoms with E-state index in [-0.39, 0.29) is 5.91 Å². The molecule has 0 aliphatic rings. The van der Waals surface area contributed by atoms with Crippen molar-refractivity contribution in [1.29, 1.82) is 0 Å². The number of aromatic amines is 2. The van der Waals surface area contributed by atoms with Crippen LogP contribution < -0.4 is 11.1 Å². The van der Waals surface area contributed by atoms with Crippen LogP contribution in [0.25, 0.3) is 11.0 Å². The molecule has 0 aliphatic heterocycles. The van der Waals surface area contributed by atoms with Gasteiger partial charge in [0.1, 0.15) is 0 Å². The highest BCUT2D eigenvalue weighted by molar-refractivity contribution is 7.09. The van der Waals surface area contributed by atoms with Crippen molar-refractivity contribution in [2.45, 2.75) is 13.5 Å². The molecule has 118 valence electrons. The van der Waals surface area contributed by atoms with Gasteiger partial charge in [0.05, 0.1) is 17.6 Å². The fraction of sp³-hybridized carbons (Fsp3) is 0.188. The van der Waals surface area contributed by atoms with Gasteiger partial charge in [-0.05, 0) is 36.6 Å². The van der Waals surface area contributed by atoms with Crippen LogP contribution in [0, 0.1) is 0 Å². The van der Waals surface area contributed by atoms with Crippen molar-refractivity contribution in [2.75, 3.05) is 6.54 Å². The summed E-state index contributed by atoms with van der Waals surface area (Å²) in [6.07, 6.45) is 0. The summed E-state index contributed by atoms with van der Waals surface area (Å²) in [4.78, 5) is 43.2. The lowest BCUT2D eigenvalue weighted by Crippen LogP contribution is -2.31. The van der Waals surface area contributed by atoms with Crippen molar-refractivity contribution in [1.82, 2.24) is 14.9 Å². The van der Waals surface area contributed by atoms with Gasteiger partial charge in [-0.3, -0.25) is 14.4 Å². The molecule has 3 aromatic rings. The van der Waals surface area contributed by atoms with E-state index in [4.69, 9.17) is 0 Å². The second-order valence-electron chi connectivity index (χ2n) is 5.07. The van der Waals surface area contributed by atoms with Gasteiger partial charge in [0.2, 0.25) is 0 Å². The van der Waals surface area contributed by atoms with Crippen LogP contribution in [-0.4, -0.2) is 27.3 Å². The molecule has 0 aliphatic carbocycles. The van der Waals surface area contributed by atoms with Gasteiger partial charge >= 0.3 is 11.1 Å². The molecule has 0 spiro atoms. The number of thiophene rings is 1. The highest BCUT2D eigenvalue weighted by Gasteiger charge is 2.15. The molecule has 3 rings (SSSR count). The summed E-state index contributed by atoms with van der Waals surface area (Å²) < 4.78 is 0. The Balaban J connectivity index is 1.94. The number of hydrogen-bond donors (Lipinski definition) is 2. The van der Waals surface area contributed by atoms with Crippen molar-refractivity contribution < 1.29 is 4.79 Å². The Hall–Kier alpha value is -2.67. The summed E-state index contributed by atoms with van der Waals surface area (Å²) in [5, 5.41) is 1.98. The van der Waals surface area contributed by atoms with Gasteiger partial charge in [-0.1, -0.05) is 6.07 Å². The van der Waals surface area contributed by atoms with Crippen LogP contribution in [0.4, 0.5) is 0 Å². The quantitative estimate of drug-likeness (QED) is 0.717. The minimum absolute atomic E-state index is 0.116. The highest BCUT2D eigenvalue weighted by Crippen LogP contribution is 2.16. The van der Waals surface area contributed by atoms with E-state index in [1.54, 1.807) is 34.4 Å². The Bertz CT molecular complexity index is 957. The first-order chi connectivity index (χ1) is 11.1. The fourth-order valence-corrected chi connectivity index (χ4v) is 3.07. The van der Waals surface area contributed by atoms with Crippen LogP contribution >= 0.6 is 11.3 Å². The maximum Gasteiger partial charge on any atom is 0.314 e. The summed E-state index contributed by atoms with van der Waals surface area (Å²) in [6.45, 7) is 3.05. The predicted octanol–water partition coefficient (Wildman–Crippen LogP) is 1.94. The van der Waals surface area contributed by atoms with Crippen molar-refractivity contribution >= 4 is 28.3 Å². The summed E-state index contributed by atoms with van der Waals surface area (Å²) in [5.41, 5.74) is -0.0313. The minimum atomic E-state index is -0.729. The zero-order valence-corrected chi connectivity index (χ0v) is 13.3. The zero-order valence-electron chi connectivity index (χ0n) is 12.5. The molecule has 1 aromatic carbocycles. The molecule has 0 bridgehead atoms.